The Labute approximate surface area is 139 Å². The summed E-state index contributed by atoms with van der Waals surface area (Å²) in [5.74, 6) is 0.909. The minimum Gasteiger partial charge on any atom is -0.379 e. The fourth-order valence-electron chi connectivity index (χ4n) is 2.57. The summed E-state index contributed by atoms with van der Waals surface area (Å²) in [6.45, 7) is 9.49. The maximum Gasteiger partial charge on any atom is 0.191 e. The van der Waals surface area contributed by atoms with Gasteiger partial charge in [-0.1, -0.05) is 0 Å². The molecule has 1 aromatic rings. The standard InChI is InChI=1S/C16H30N6O/c1-3-17-16(19-7-8-22-9-11-23-12-10-22)18-6-4-5-15-13-20-21(2)14-15/h13-14H,3-12H2,1-2H3,(H2,17,18,19). The van der Waals surface area contributed by atoms with Crippen LogP contribution in [0.2, 0.25) is 0 Å². The molecule has 7 heteroatoms. The summed E-state index contributed by atoms with van der Waals surface area (Å²) in [6.07, 6.45) is 6.04. The summed E-state index contributed by atoms with van der Waals surface area (Å²) < 4.78 is 7.21. The molecule has 0 amide bonds. The molecule has 2 N–H and O–H groups in total. The maximum atomic E-state index is 5.37. The molecular formula is C16H30N6O. The molecule has 1 aromatic heterocycles. The number of aromatic nitrogens is 2. The van der Waals surface area contributed by atoms with E-state index >= 15 is 0 Å². The number of rotatable bonds is 8. The van der Waals surface area contributed by atoms with Crippen molar-refractivity contribution in [2.45, 2.75) is 19.8 Å². The zero-order valence-corrected chi connectivity index (χ0v) is 14.4. The lowest BCUT2D eigenvalue weighted by Crippen LogP contribution is -2.44. The molecule has 0 aromatic carbocycles. The van der Waals surface area contributed by atoms with Gasteiger partial charge in [-0.3, -0.25) is 14.6 Å². The molecule has 0 saturated carbocycles. The normalized spacial score (nSPS) is 16.5. The molecule has 1 aliphatic heterocycles. The van der Waals surface area contributed by atoms with Gasteiger partial charge in [0.2, 0.25) is 0 Å². The predicted octanol–water partition coefficient (Wildman–Crippen LogP) is 0.240. The second-order valence-corrected chi connectivity index (χ2v) is 5.77. The Bertz CT molecular complexity index is 467. The van der Waals surface area contributed by atoms with E-state index in [0.717, 1.165) is 71.3 Å². The number of morpholine rings is 1. The molecule has 2 heterocycles. The lowest BCUT2D eigenvalue weighted by Gasteiger charge is -2.26. The van der Waals surface area contributed by atoms with E-state index < -0.39 is 0 Å². The van der Waals surface area contributed by atoms with Crippen molar-refractivity contribution in [1.29, 1.82) is 0 Å². The molecule has 130 valence electrons. The van der Waals surface area contributed by atoms with Crippen LogP contribution >= 0.6 is 0 Å². The van der Waals surface area contributed by atoms with E-state index in [1.165, 1.54) is 5.56 Å². The van der Waals surface area contributed by atoms with Crippen LogP contribution in [0.1, 0.15) is 18.9 Å². The van der Waals surface area contributed by atoms with Crippen molar-refractivity contribution in [1.82, 2.24) is 25.3 Å². The van der Waals surface area contributed by atoms with Crippen LogP contribution in [0.15, 0.2) is 17.4 Å². The second kappa shape index (κ2) is 10.2. The van der Waals surface area contributed by atoms with Crippen molar-refractivity contribution in [3.05, 3.63) is 18.0 Å². The van der Waals surface area contributed by atoms with E-state index in [9.17, 15) is 0 Å². The number of aliphatic imine (C=N–C) groups is 1. The number of aryl methyl sites for hydroxylation is 2. The third kappa shape index (κ3) is 7.00. The van der Waals surface area contributed by atoms with Crippen molar-refractivity contribution in [2.24, 2.45) is 12.0 Å². The average molecular weight is 322 g/mol. The van der Waals surface area contributed by atoms with Crippen molar-refractivity contribution in [2.75, 3.05) is 52.5 Å². The van der Waals surface area contributed by atoms with Crippen LogP contribution < -0.4 is 10.6 Å². The van der Waals surface area contributed by atoms with Gasteiger partial charge < -0.3 is 15.4 Å². The van der Waals surface area contributed by atoms with Crippen LogP contribution in [-0.4, -0.2) is 73.1 Å². The first-order chi connectivity index (χ1) is 11.3. The van der Waals surface area contributed by atoms with Crippen molar-refractivity contribution in [3.63, 3.8) is 0 Å². The minimum atomic E-state index is 0.821. The first-order valence-corrected chi connectivity index (χ1v) is 8.57. The Hall–Kier alpha value is -1.60. The Balaban J connectivity index is 1.64. The lowest BCUT2D eigenvalue weighted by molar-refractivity contribution is 0.0389. The predicted molar refractivity (Wildman–Crippen MR) is 92.8 cm³/mol. The Morgan fingerprint density at radius 1 is 1.35 bits per heavy atom. The average Bonchev–Trinajstić information content (AvgIpc) is 2.98. The van der Waals surface area contributed by atoms with Crippen LogP contribution in [-0.2, 0) is 18.2 Å². The highest BCUT2D eigenvalue weighted by Crippen LogP contribution is 2.00. The molecule has 0 unspecified atom stereocenters. The molecule has 7 nitrogen and oxygen atoms in total. The Kier molecular flexibility index (Phi) is 7.89. The van der Waals surface area contributed by atoms with Gasteiger partial charge in [0.15, 0.2) is 5.96 Å². The largest absolute Gasteiger partial charge is 0.379 e. The highest BCUT2D eigenvalue weighted by Gasteiger charge is 2.09. The van der Waals surface area contributed by atoms with E-state index in [1.54, 1.807) is 0 Å². The van der Waals surface area contributed by atoms with Crippen LogP contribution in [0.4, 0.5) is 0 Å². The van der Waals surface area contributed by atoms with Gasteiger partial charge in [-0.25, -0.2) is 0 Å². The SMILES string of the molecule is CCNC(=NCCCc1cnn(C)c1)NCCN1CCOCC1. The summed E-state index contributed by atoms with van der Waals surface area (Å²) >= 11 is 0. The molecule has 0 atom stereocenters. The molecule has 0 bridgehead atoms. The van der Waals surface area contributed by atoms with Gasteiger partial charge >= 0.3 is 0 Å². The highest BCUT2D eigenvalue weighted by atomic mass is 16.5. The van der Waals surface area contributed by atoms with Crippen LogP contribution in [0, 0.1) is 0 Å². The number of nitrogens with zero attached hydrogens (tertiary/aromatic N) is 4. The molecule has 0 radical (unpaired) electrons. The monoisotopic (exact) mass is 322 g/mol. The second-order valence-electron chi connectivity index (χ2n) is 5.77. The molecule has 1 fully saturated rings. The lowest BCUT2D eigenvalue weighted by atomic mass is 10.2. The molecule has 0 spiro atoms. The molecule has 1 aliphatic rings. The van der Waals surface area contributed by atoms with Crippen molar-refractivity contribution < 1.29 is 4.74 Å². The number of hydrogen-bond donors (Lipinski definition) is 2. The van der Waals surface area contributed by atoms with Gasteiger partial charge in [0.05, 0.1) is 19.4 Å². The van der Waals surface area contributed by atoms with Crippen LogP contribution in [0.3, 0.4) is 0 Å². The quantitative estimate of drug-likeness (QED) is 0.408. The van der Waals surface area contributed by atoms with E-state index in [2.05, 4.69) is 38.7 Å². The van der Waals surface area contributed by atoms with Gasteiger partial charge in [0.25, 0.3) is 0 Å². The van der Waals surface area contributed by atoms with Gasteiger partial charge in [-0.15, -0.1) is 0 Å². The summed E-state index contributed by atoms with van der Waals surface area (Å²) in [5, 5.41) is 10.9. The maximum absolute atomic E-state index is 5.37. The van der Waals surface area contributed by atoms with Crippen LogP contribution in [0.5, 0.6) is 0 Å². The Morgan fingerprint density at radius 3 is 2.87 bits per heavy atom. The van der Waals surface area contributed by atoms with Crippen molar-refractivity contribution >= 4 is 5.96 Å². The minimum absolute atomic E-state index is 0.821. The van der Waals surface area contributed by atoms with Gasteiger partial charge in [-0.05, 0) is 25.3 Å². The zero-order chi connectivity index (χ0) is 16.3. The molecule has 1 saturated heterocycles. The summed E-state index contributed by atoms with van der Waals surface area (Å²) in [5.41, 5.74) is 1.27. The smallest absolute Gasteiger partial charge is 0.191 e. The van der Waals surface area contributed by atoms with E-state index in [4.69, 9.17) is 4.74 Å². The highest BCUT2D eigenvalue weighted by molar-refractivity contribution is 5.79. The van der Waals surface area contributed by atoms with Crippen LogP contribution in [0.25, 0.3) is 0 Å². The Morgan fingerprint density at radius 2 is 2.17 bits per heavy atom. The fraction of sp³-hybridized carbons (Fsp3) is 0.750. The van der Waals surface area contributed by atoms with Gasteiger partial charge in [0.1, 0.15) is 0 Å². The summed E-state index contributed by atoms with van der Waals surface area (Å²) in [4.78, 5) is 7.06. The summed E-state index contributed by atoms with van der Waals surface area (Å²) in [6, 6.07) is 0. The van der Waals surface area contributed by atoms with Gasteiger partial charge in [0, 0.05) is 52.5 Å². The van der Waals surface area contributed by atoms with E-state index in [-0.39, 0.29) is 0 Å². The van der Waals surface area contributed by atoms with E-state index in [0.29, 0.717) is 0 Å². The van der Waals surface area contributed by atoms with E-state index in [1.807, 2.05) is 17.9 Å². The fourth-order valence-corrected chi connectivity index (χ4v) is 2.57. The number of hydrogen-bond acceptors (Lipinski definition) is 4. The first kappa shape index (κ1) is 17.7. The third-order valence-corrected chi connectivity index (χ3v) is 3.82. The topological polar surface area (TPSA) is 66.7 Å². The zero-order valence-electron chi connectivity index (χ0n) is 14.4. The third-order valence-electron chi connectivity index (χ3n) is 3.82. The molecule has 2 rings (SSSR count). The molecular weight excluding hydrogens is 292 g/mol. The first-order valence-electron chi connectivity index (χ1n) is 8.57. The molecule has 0 aliphatic carbocycles. The van der Waals surface area contributed by atoms with Crippen molar-refractivity contribution in [3.8, 4) is 0 Å². The van der Waals surface area contributed by atoms with Gasteiger partial charge in [-0.2, -0.15) is 5.10 Å². The summed E-state index contributed by atoms with van der Waals surface area (Å²) in [7, 11) is 1.95. The number of guanidine groups is 1. The number of ether oxygens (including phenoxy) is 1. The number of nitrogens with one attached hydrogen (secondary N) is 2. The molecule has 23 heavy (non-hydrogen) atoms.